The molecule has 1 heterocycles. The standard InChI is InChI=1S/C23H28N4O4/c1-3-22(29)27-15(2)12-19(18-6-4-5-7-20(18)27)25-16-8-10-17(11-9-16)26-21(28)13-24-14-23(30)31/h4-11,15,19,24-25H,3,12-14H2,1-2H3,(H,26,28)(H,30,31)/t15-,19+/m0/s1. The molecule has 2 atom stereocenters. The molecule has 0 saturated carbocycles. The molecule has 8 nitrogen and oxygen atoms in total. The number of aliphatic carboxylic acids is 1. The van der Waals surface area contributed by atoms with Gasteiger partial charge in [0.2, 0.25) is 11.8 Å². The first-order chi connectivity index (χ1) is 14.9. The summed E-state index contributed by atoms with van der Waals surface area (Å²) in [5.41, 5.74) is 3.57. The average molecular weight is 425 g/mol. The minimum Gasteiger partial charge on any atom is -0.480 e. The number of rotatable bonds is 8. The Bertz CT molecular complexity index is 945. The van der Waals surface area contributed by atoms with Crippen LogP contribution in [0.4, 0.5) is 17.1 Å². The third-order valence-corrected chi connectivity index (χ3v) is 5.23. The number of carbonyl (C=O) groups excluding carboxylic acids is 2. The molecule has 0 saturated heterocycles. The second-order valence-corrected chi connectivity index (χ2v) is 7.58. The summed E-state index contributed by atoms with van der Waals surface area (Å²) < 4.78 is 0. The lowest BCUT2D eigenvalue weighted by molar-refractivity contribution is -0.136. The van der Waals surface area contributed by atoms with E-state index in [2.05, 4.69) is 22.9 Å². The molecule has 8 heteroatoms. The predicted octanol–water partition coefficient (Wildman–Crippen LogP) is 2.99. The zero-order chi connectivity index (χ0) is 22.4. The number of amides is 2. The molecule has 0 radical (unpaired) electrons. The molecule has 2 aromatic rings. The molecule has 1 aliphatic rings. The molecule has 0 aliphatic carbocycles. The van der Waals surface area contributed by atoms with Gasteiger partial charge >= 0.3 is 5.97 Å². The van der Waals surface area contributed by atoms with Crippen molar-refractivity contribution in [2.24, 2.45) is 0 Å². The summed E-state index contributed by atoms with van der Waals surface area (Å²) in [7, 11) is 0. The molecular formula is C23H28N4O4. The van der Waals surface area contributed by atoms with E-state index < -0.39 is 5.97 Å². The summed E-state index contributed by atoms with van der Waals surface area (Å²) in [4.78, 5) is 36.7. The van der Waals surface area contributed by atoms with E-state index in [9.17, 15) is 14.4 Å². The molecule has 2 aromatic carbocycles. The molecule has 31 heavy (non-hydrogen) atoms. The molecule has 0 aromatic heterocycles. The SMILES string of the molecule is CCC(=O)N1c2ccccc2[C@H](Nc2ccc(NC(=O)CNCC(=O)O)cc2)C[C@@H]1C. The quantitative estimate of drug-likeness (QED) is 0.519. The van der Waals surface area contributed by atoms with Crippen molar-refractivity contribution >= 4 is 34.8 Å². The number of nitrogens with zero attached hydrogens (tertiary/aromatic N) is 1. The number of carboxylic acid groups (broad SMARTS) is 1. The molecule has 4 N–H and O–H groups in total. The van der Waals surface area contributed by atoms with Gasteiger partial charge in [-0.25, -0.2) is 0 Å². The van der Waals surface area contributed by atoms with E-state index in [0.29, 0.717) is 12.1 Å². The molecule has 0 unspecified atom stereocenters. The minimum atomic E-state index is -1.01. The van der Waals surface area contributed by atoms with Crippen LogP contribution in [0.5, 0.6) is 0 Å². The van der Waals surface area contributed by atoms with Crippen molar-refractivity contribution in [3.8, 4) is 0 Å². The maximum atomic E-state index is 12.5. The van der Waals surface area contributed by atoms with E-state index >= 15 is 0 Å². The van der Waals surface area contributed by atoms with Crippen LogP contribution in [0.25, 0.3) is 0 Å². The molecule has 0 spiro atoms. The topological polar surface area (TPSA) is 111 Å². The van der Waals surface area contributed by atoms with Crippen LogP contribution in [0, 0.1) is 0 Å². The van der Waals surface area contributed by atoms with Crippen molar-refractivity contribution in [3.63, 3.8) is 0 Å². The van der Waals surface area contributed by atoms with Gasteiger partial charge in [0.15, 0.2) is 0 Å². The molecule has 3 rings (SSSR count). The number of carbonyl (C=O) groups is 3. The fourth-order valence-corrected chi connectivity index (χ4v) is 3.84. The fourth-order valence-electron chi connectivity index (χ4n) is 3.84. The Balaban J connectivity index is 1.66. The van der Waals surface area contributed by atoms with E-state index in [4.69, 9.17) is 5.11 Å². The number of carboxylic acids is 1. The van der Waals surface area contributed by atoms with Crippen LogP contribution in [-0.4, -0.2) is 42.0 Å². The Hall–Kier alpha value is -3.39. The summed E-state index contributed by atoms with van der Waals surface area (Å²) in [6, 6.07) is 15.5. The van der Waals surface area contributed by atoms with E-state index in [-0.39, 0.29) is 37.0 Å². The minimum absolute atomic E-state index is 0.0627. The Kier molecular flexibility index (Phi) is 7.25. The van der Waals surface area contributed by atoms with Gasteiger partial charge in [-0.3, -0.25) is 19.7 Å². The van der Waals surface area contributed by atoms with Crippen molar-refractivity contribution in [3.05, 3.63) is 54.1 Å². The van der Waals surface area contributed by atoms with Crippen molar-refractivity contribution in [1.29, 1.82) is 0 Å². The monoisotopic (exact) mass is 424 g/mol. The van der Waals surface area contributed by atoms with Gasteiger partial charge in [-0.1, -0.05) is 25.1 Å². The van der Waals surface area contributed by atoms with E-state index in [1.165, 1.54) is 0 Å². The lowest BCUT2D eigenvalue weighted by Crippen LogP contribution is -2.44. The number of hydrogen-bond donors (Lipinski definition) is 4. The van der Waals surface area contributed by atoms with Crippen LogP contribution >= 0.6 is 0 Å². The van der Waals surface area contributed by atoms with E-state index in [0.717, 1.165) is 23.4 Å². The largest absolute Gasteiger partial charge is 0.480 e. The van der Waals surface area contributed by atoms with Crippen molar-refractivity contribution in [1.82, 2.24) is 5.32 Å². The zero-order valence-electron chi connectivity index (χ0n) is 17.7. The second kappa shape index (κ2) is 10.1. The Morgan fingerprint density at radius 2 is 1.71 bits per heavy atom. The molecule has 2 amide bonds. The third-order valence-electron chi connectivity index (χ3n) is 5.23. The maximum absolute atomic E-state index is 12.5. The highest BCUT2D eigenvalue weighted by molar-refractivity contribution is 5.95. The Morgan fingerprint density at radius 3 is 2.39 bits per heavy atom. The summed E-state index contributed by atoms with van der Waals surface area (Å²) in [5, 5.41) is 17.4. The molecular weight excluding hydrogens is 396 g/mol. The van der Waals surface area contributed by atoms with Gasteiger partial charge in [0.1, 0.15) is 0 Å². The van der Waals surface area contributed by atoms with Crippen LogP contribution in [0.1, 0.15) is 38.3 Å². The Morgan fingerprint density at radius 1 is 1.03 bits per heavy atom. The summed E-state index contributed by atoms with van der Waals surface area (Å²) >= 11 is 0. The molecule has 0 fully saturated rings. The number of fused-ring (bicyclic) bond motifs is 1. The van der Waals surface area contributed by atoms with Crippen LogP contribution in [-0.2, 0) is 14.4 Å². The third kappa shape index (κ3) is 5.61. The van der Waals surface area contributed by atoms with E-state index in [1.807, 2.05) is 48.2 Å². The van der Waals surface area contributed by atoms with Crippen LogP contribution in [0.2, 0.25) is 0 Å². The Labute approximate surface area is 181 Å². The average Bonchev–Trinajstić information content (AvgIpc) is 2.74. The number of benzene rings is 2. The predicted molar refractivity (Wildman–Crippen MR) is 120 cm³/mol. The lowest BCUT2D eigenvalue weighted by Gasteiger charge is -2.40. The molecule has 164 valence electrons. The van der Waals surface area contributed by atoms with Gasteiger partial charge in [0, 0.05) is 29.5 Å². The molecule has 0 bridgehead atoms. The van der Waals surface area contributed by atoms with Crippen molar-refractivity contribution < 1.29 is 19.5 Å². The highest BCUT2D eigenvalue weighted by Gasteiger charge is 2.32. The lowest BCUT2D eigenvalue weighted by atomic mass is 9.91. The summed E-state index contributed by atoms with van der Waals surface area (Å²) in [5.74, 6) is -1.20. The van der Waals surface area contributed by atoms with E-state index in [1.54, 1.807) is 12.1 Å². The maximum Gasteiger partial charge on any atom is 0.317 e. The summed E-state index contributed by atoms with van der Waals surface area (Å²) in [6.45, 7) is 3.61. The smallest absolute Gasteiger partial charge is 0.317 e. The first-order valence-electron chi connectivity index (χ1n) is 10.4. The van der Waals surface area contributed by atoms with Gasteiger partial charge in [-0.05, 0) is 49.2 Å². The highest BCUT2D eigenvalue weighted by Crippen LogP contribution is 2.39. The van der Waals surface area contributed by atoms with Crippen LogP contribution < -0.4 is 20.9 Å². The van der Waals surface area contributed by atoms with Gasteiger partial charge in [-0.15, -0.1) is 0 Å². The van der Waals surface area contributed by atoms with Gasteiger partial charge < -0.3 is 20.6 Å². The number of hydrogen-bond acceptors (Lipinski definition) is 5. The van der Waals surface area contributed by atoms with Gasteiger partial charge in [-0.2, -0.15) is 0 Å². The van der Waals surface area contributed by atoms with Gasteiger partial charge in [0.05, 0.1) is 19.1 Å². The number of para-hydroxylation sites is 1. The normalized spacial score (nSPS) is 17.5. The first kappa shape index (κ1) is 22.3. The van der Waals surface area contributed by atoms with Crippen LogP contribution in [0.15, 0.2) is 48.5 Å². The zero-order valence-corrected chi connectivity index (χ0v) is 17.7. The first-order valence-corrected chi connectivity index (χ1v) is 10.4. The van der Waals surface area contributed by atoms with Crippen LogP contribution in [0.3, 0.4) is 0 Å². The van der Waals surface area contributed by atoms with Gasteiger partial charge in [0.25, 0.3) is 0 Å². The number of nitrogens with one attached hydrogen (secondary N) is 3. The van der Waals surface area contributed by atoms with Crippen molar-refractivity contribution in [2.45, 2.75) is 38.8 Å². The summed E-state index contributed by atoms with van der Waals surface area (Å²) in [6.07, 6.45) is 1.26. The molecule has 1 aliphatic heterocycles. The fraction of sp³-hybridized carbons (Fsp3) is 0.348. The highest BCUT2D eigenvalue weighted by atomic mass is 16.4. The number of anilines is 3. The second-order valence-electron chi connectivity index (χ2n) is 7.58. The van der Waals surface area contributed by atoms with Crippen molar-refractivity contribution in [2.75, 3.05) is 28.6 Å².